The monoisotopic (exact) mass is 330 g/mol. The summed E-state index contributed by atoms with van der Waals surface area (Å²) in [7, 11) is 5.98. The maximum atomic E-state index is 14.9. The standard InChI is InChI=1S/C17H23FN6/c1-10-14(18)15-13-16(19-10)22(4)9-12-8-21(3)6-7-24(12)17(13)20-11(2)23(15)5/h12H,2,6-9H2,1,3-5H3. The fourth-order valence-electron chi connectivity index (χ4n) is 3.89. The average molecular weight is 330 g/mol. The summed E-state index contributed by atoms with van der Waals surface area (Å²) in [6.45, 7) is 9.37. The number of aromatic nitrogens is 1. The van der Waals surface area contributed by atoms with Crippen LogP contribution in [0.5, 0.6) is 0 Å². The van der Waals surface area contributed by atoms with E-state index >= 15 is 0 Å². The quantitative estimate of drug-likeness (QED) is 0.716. The van der Waals surface area contributed by atoms with E-state index < -0.39 is 0 Å². The maximum Gasteiger partial charge on any atom is 0.168 e. The van der Waals surface area contributed by atoms with Gasteiger partial charge >= 0.3 is 0 Å². The molecule has 128 valence electrons. The van der Waals surface area contributed by atoms with E-state index in [2.05, 4.69) is 33.3 Å². The number of piperazine rings is 1. The molecule has 3 aliphatic heterocycles. The predicted octanol–water partition coefficient (Wildman–Crippen LogP) is 1.26. The first-order valence-electron chi connectivity index (χ1n) is 8.26. The minimum Gasteiger partial charge on any atom is -0.357 e. The molecule has 0 amide bonds. The van der Waals surface area contributed by atoms with E-state index in [-0.39, 0.29) is 5.82 Å². The van der Waals surface area contributed by atoms with E-state index in [0.717, 1.165) is 43.4 Å². The molecule has 3 aliphatic rings. The largest absolute Gasteiger partial charge is 0.357 e. The van der Waals surface area contributed by atoms with Crippen molar-refractivity contribution in [3.8, 4) is 0 Å². The zero-order chi connectivity index (χ0) is 17.2. The van der Waals surface area contributed by atoms with Crippen LogP contribution < -0.4 is 9.80 Å². The Morgan fingerprint density at radius 3 is 2.67 bits per heavy atom. The van der Waals surface area contributed by atoms with Gasteiger partial charge in [0.1, 0.15) is 17.5 Å². The van der Waals surface area contributed by atoms with Crippen molar-refractivity contribution in [2.24, 2.45) is 4.99 Å². The number of rotatable bonds is 0. The van der Waals surface area contributed by atoms with Gasteiger partial charge in [0.25, 0.3) is 0 Å². The third-order valence-corrected chi connectivity index (χ3v) is 5.24. The molecule has 4 rings (SSSR count). The molecule has 1 unspecified atom stereocenters. The number of halogens is 1. The van der Waals surface area contributed by atoms with Crippen LogP contribution >= 0.6 is 0 Å². The van der Waals surface area contributed by atoms with Gasteiger partial charge in [0.15, 0.2) is 5.82 Å². The maximum absolute atomic E-state index is 14.9. The molecule has 1 saturated heterocycles. The van der Waals surface area contributed by atoms with E-state index in [1.54, 1.807) is 11.8 Å². The molecule has 0 aliphatic carbocycles. The van der Waals surface area contributed by atoms with Gasteiger partial charge in [-0.3, -0.25) is 0 Å². The molecule has 0 bridgehead atoms. The van der Waals surface area contributed by atoms with E-state index in [9.17, 15) is 4.39 Å². The first-order valence-corrected chi connectivity index (χ1v) is 8.26. The summed E-state index contributed by atoms with van der Waals surface area (Å²) in [5.41, 5.74) is 1.75. The molecule has 0 spiro atoms. The molecule has 1 fully saturated rings. The van der Waals surface area contributed by atoms with Crippen LogP contribution in [0.15, 0.2) is 17.4 Å². The lowest BCUT2D eigenvalue weighted by atomic mass is 10.1. The Hall–Kier alpha value is -2.15. The second kappa shape index (κ2) is 5.17. The fourth-order valence-corrected chi connectivity index (χ4v) is 3.89. The third kappa shape index (κ3) is 2.04. The van der Waals surface area contributed by atoms with Crippen LogP contribution in [0.4, 0.5) is 15.9 Å². The van der Waals surface area contributed by atoms with Crippen molar-refractivity contribution in [2.45, 2.75) is 13.0 Å². The van der Waals surface area contributed by atoms with Crippen LogP contribution in [0, 0.1) is 12.7 Å². The summed E-state index contributed by atoms with van der Waals surface area (Å²) in [6, 6.07) is 0.300. The van der Waals surface area contributed by atoms with E-state index in [0.29, 0.717) is 23.2 Å². The number of likely N-dealkylation sites (N-methyl/N-ethyl adjacent to an activating group) is 2. The lowest BCUT2D eigenvalue weighted by Gasteiger charge is -2.42. The highest BCUT2D eigenvalue weighted by Crippen LogP contribution is 2.40. The Morgan fingerprint density at radius 2 is 1.92 bits per heavy atom. The Morgan fingerprint density at radius 1 is 1.17 bits per heavy atom. The average Bonchev–Trinajstić information content (AvgIpc) is 2.63. The number of amidine groups is 1. The van der Waals surface area contributed by atoms with Crippen LogP contribution in [0.25, 0.3) is 0 Å². The van der Waals surface area contributed by atoms with Crippen molar-refractivity contribution >= 4 is 17.3 Å². The molecule has 24 heavy (non-hydrogen) atoms. The van der Waals surface area contributed by atoms with E-state index in [4.69, 9.17) is 4.99 Å². The molecular weight excluding hydrogens is 307 g/mol. The number of hydrogen-bond acceptors (Lipinski definition) is 6. The molecule has 1 atom stereocenters. The van der Waals surface area contributed by atoms with Crippen molar-refractivity contribution in [3.63, 3.8) is 0 Å². The molecule has 0 aromatic carbocycles. The van der Waals surface area contributed by atoms with Gasteiger partial charge in [-0.15, -0.1) is 0 Å². The van der Waals surface area contributed by atoms with Gasteiger partial charge in [-0.05, 0) is 14.0 Å². The predicted molar refractivity (Wildman–Crippen MR) is 94.3 cm³/mol. The number of hydrogen-bond donors (Lipinski definition) is 0. The second-order valence-corrected chi connectivity index (χ2v) is 6.96. The van der Waals surface area contributed by atoms with Crippen LogP contribution in [-0.4, -0.2) is 74.0 Å². The highest BCUT2D eigenvalue weighted by Gasteiger charge is 2.40. The van der Waals surface area contributed by atoms with Crippen molar-refractivity contribution in [1.82, 2.24) is 14.8 Å². The molecule has 1 aromatic heterocycles. The first kappa shape index (κ1) is 15.4. The molecule has 0 saturated carbocycles. The Kier molecular flexibility index (Phi) is 3.32. The highest BCUT2D eigenvalue weighted by molar-refractivity contribution is 6.11. The zero-order valence-electron chi connectivity index (χ0n) is 14.7. The van der Waals surface area contributed by atoms with Gasteiger partial charge in [0.05, 0.1) is 23.0 Å². The van der Waals surface area contributed by atoms with Gasteiger partial charge < -0.3 is 19.6 Å². The summed E-state index contributed by atoms with van der Waals surface area (Å²) in [5.74, 6) is 1.90. The van der Waals surface area contributed by atoms with Gasteiger partial charge in [0.2, 0.25) is 0 Å². The summed E-state index contributed by atoms with van der Waals surface area (Å²) in [6.07, 6.45) is 0. The van der Waals surface area contributed by atoms with Gasteiger partial charge in [-0.1, -0.05) is 6.58 Å². The van der Waals surface area contributed by atoms with Crippen LogP contribution in [0.1, 0.15) is 11.3 Å². The topological polar surface area (TPSA) is 38.2 Å². The molecule has 0 radical (unpaired) electrons. The number of anilines is 2. The summed E-state index contributed by atoms with van der Waals surface area (Å²) in [5, 5.41) is 0. The summed E-state index contributed by atoms with van der Waals surface area (Å²) < 4.78 is 14.9. The van der Waals surface area contributed by atoms with Crippen molar-refractivity contribution in [3.05, 3.63) is 29.5 Å². The normalized spacial score (nSPS) is 23.7. The molecule has 7 heteroatoms. The molecule has 0 N–H and O–H groups in total. The first-order chi connectivity index (χ1) is 11.4. The van der Waals surface area contributed by atoms with Crippen LogP contribution in [0.3, 0.4) is 0 Å². The zero-order valence-corrected chi connectivity index (χ0v) is 14.7. The molecular formula is C17H23FN6. The van der Waals surface area contributed by atoms with Gasteiger partial charge in [-0.25, -0.2) is 14.4 Å². The Labute approximate surface area is 141 Å². The summed E-state index contributed by atoms with van der Waals surface area (Å²) >= 11 is 0. The number of aliphatic imine (C=N–C) groups is 1. The van der Waals surface area contributed by atoms with Crippen molar-refractivity contribution in [2.75, 3.05) is 57.1 Å². The number of pyridine rings is 1. The van der Waals surface area contributed by atoms with E-state index in [1.807, 2.05) is 14.1 Å². The smallest absolute Gasteiger partial charge is 0.168 e. The van der Waals surface area contributed by atoms with Crippen LogP contribution in [-0.2, 0) is 0 Å². The van der Waals surface area contributed by atoms with Crippen LogP contribution in [0.2, 0.25) is 0 Å². The summed E-state index contributed by atoms with van der Waals surface area (Å²) in [4.78, 5) is 17.8. The van der Waals surface area contributed by atoms with Crippen molar-refractivity contribution < 1.29 is 4.39 Å². The Bertz CT molecular complexity index is 758. The lowest BCUT2D eigenvalue weighted by molar-refractivity contribution is 0.156. The SMILES string of the molecule is C=C1N=C2c3c(nc(C)c(F)c3N1C)N(C)CC1CN(C)CCN21. The number of nitrogens with zero attached hydrogens (tertiary/aromatic N) is 6. The third-order valence-electron chi connectivity index (χ3n) is 5.24. The number of aryl methyl sites for hydroxylation is 1. The van der Waals surface area contributed by atoms with Crippen molar-refractivity contribution in [1.29, 1.82) is 0 Å². The molecule has 4 heterocycles. The second-order valence-electron chi connectivity index (χ2n) is 6.96. The lowest BCUT2D eigenvalue weighted by Crippen LogP contribution is -2.56. The minimum absolute atomic E-state index is 0.286. The Balaban J connectivity index is 1.98. The fraction of sp³-hybridized carbons (Fsp3) is 0.529. The highest BCUT2D eigenvalue weighted by atomic mass is 19.1. The number of fused-ring (bicyclic) bond motifs is 2. The van der Waals surface area contributed by atoms with Gasteiger partial charge in [-0.2, -0.15) is 0 Å². The molecule has 1 aromatic rings. The van der Waals surface area contributed by atoms with Gasteiger partial charge in [0, 0.05) is 40.3 Å². The minimum atomic E-state index is -0.286. The van der Waals surface area contributed by atoms with E-state index in [1.165, 1.54) is 0 Å². The molecule has 6 nitrogen and oxygen atoms in total.